The van der Waals surface area contributed by atoms with Gasteiger partial charge in [-0.2, -0.15) is 5.26 Å². The van der Waals surface area contributed by atoms with Gasteiger partial charge in [0.15, 0.2) is 0 Å². The third-order valence-electron chi connectivity index (χ3n) is 3.39. The summed E-state index contributed by atoms with van der Waals surface area (Å²) in [5, 5.41) is 8.91. The van der Waals surface area contributed by atoms with Gasteiger partial charge in [0, 0.05) is 43.1 Å². The third kappa shape index (κ3) is 2.91. The molecule has 3 aromatic rings. The summed E-state index contributed by atoms with van der Waals surface area (Å²) in [6.07, 6.45) is 5.48. The van der Waals surface area contributed by atoms with E-state index in [1.807, 2.05) is 35.0 Å². The molecular weight excluding hydrogens is 308 g/mol. The summed E-state index contributed by atoms with van der Waals surface area (Å²) in [7, 11) is 3.45. The number of rotatable bonds is 2. The highest BCUT2D eigenvalue weighted by Gasteiger charge is 2.16. The molecule has 3 rings (SSSR count). The predicted molar refractivity (Wildman–Crippen MR) is 90.3 cm³/mol. The van der Waals surface area contributed by atoms with E-state index in [-0.39, 0.29) is 5.24 Å². The summed E-state index contributed by atoms with van der Waals surface area (Å²) in [4.78, 5) is 18.9. The van der Waals surface area contributed by atoms with Crippen molar-refractivity contribution in [3.05, 3.63) is 54.5 Å². The first kappa shape index (κ1) is 15.1. The minimum atomic E-state index is -0.0456. The molecule has 0 aliphatic heterocycles. The van der Waals surface area contributed by atoms with Gasteiger partial charge in [-0.1, -0.05) is 12.1 Å². The second-order valence-corrected chi connectivity index (χ2v) is 6.16. The molecule has 0 saturated heterocycles. The van der Waals surface area contributed by atoms with Gasteiger partial charge in [0.25, 0.3) is 5.24 Å². The predicted octanol–water partition coefficient (Wildman–Crippen LogP) is 3.65. The number of nitrogens with zero attached hydrogens (tertiary/aromatic N) is 4. The van der Waals surface area contributed by atoms with Gasteiger partial charge in [0.2, 0.25) is 0 Å². The maximum absolute atomic E-state index is 12.1. The molecule has 23 heavy (non-hydrogen) atoms. The van der Waals surface area contributed by atoms with Crippen LogP contribution in [0, 0.1) is 11.3 Å². The number of benzene rings is 1. The summed E-state index contributed by atoms with van der Waals surface area (Å²) in [6.45, 7) is 0. The van der Waals surface area contributed by atoms with Crippen LogP contribution in [0.25, 0.3) is 16.8 Å². The fourth-order valence-electron chi connectivity index (χ4n) is 2.22. The Morgan fingerprint density at radius 2 is 1.96 bits per heavy atom. The van der Waals surface area contributed by atoms with Gasteiger partial charge in [-0.3, -0.25) is 4.79 Å². The Labute approximate surface area is 138 Å². The number of hydrogen-bond donors (Lipinski definition) is 0. The summed E-state index contributed by atoms with van der Waals surface area (Å²) in [5.41, 5.74) is 3.20. The van der Waals surface area contributed by atoms with Crippen molar-refractivity contribution in [2.45, 2.75) is 4.90 Å². The summed E-state index contributed by atoms with van der Waals surface area (Å²) in [5.74, 6) is 0. The number of pyridine rings is 1. The number of thioether (sulfide) groups is 1. The fourth-order valence-corrected chi connectivity index (χ4v) is 3.03. The quantitative estimate of drug-likeness (QED) is 0.676. The fraction of sp³-hybridized carbons (Fsp3) is 0.118. The highest BCUT2D eigenvalue weighted by Crippen LogP contribution is 2.35. The van der Waals surface area contributed by atoms with Crippen LogP contribution in [0.5, 0.6) is 0 Å². The summed E-state index contributed by atoms with van der Waals surface area (Å²) >= 11 is 1.17. The lowest BCUT2D eigenvalue weighted by atomic mass is 10.1. The maximum Gasteiger partial charge on any atom is 0.285 e. The lowest BCUT2D eigenvalue weighted by Crippen LogP contribution is -2.16. The number of imidazole rings is 1. The van der Waals surface area contributed by atoms with Crippen LogP contribution in [0.3, 0.4) is 0 Å². The van der Waals surface area contributed by atoms with E-state index < -0.39 is 0 Å². The smallest absolute Gasteiger partial charge is 0.285 e. The van der Waals surface area contributed by atoms with Crippen molar-refractivity contribution in [3.8, 4) is 17.2 Å². The van der Waals surface area contributed by atoms with Crippen molar-refractivity contribution in [2.24, 2.45) is 0 Å². The van der Waals surface area contributed by atoms with Gasteiger partial charge >= 0.3 is 0 Å². The number of amides is 1. The summed E-state index contributed by atoms with van der Waals surface area (Å²) < 4.78 is 1.91. The first-order valence-corrected chi connectivity index (χ1v) is 7.77. The zero-order valence-corrected chi connectivity index (χ0v) is 13.5. The first-order chi connectivity index (χ1) is 11.1. The average Bonchev–Trinajstić information content (AvgIpc) is 3.03. The van der Waals surface area contributed by atoms with Crippen LogP contribution in [0.1, 0.15) is 5.56 Å². The van der Waals surface area contributed by atoms with E-state index in [4.69, 9.17) is 5.26 Å². The van der Waals surface area contributed by atoms with E-state index >= 15 is 0 Å². The number of aromatic nitrogens is 2. The Morgan fingerprint density at radius 3 is 2.61 bits per heavy atom. The Bertz CT molecular complexity index is 906. The molecule has 2 heterocycles. The normalized spacial score (nSPS) is 10.5. The SMILES string of the molecule is CN(C)C(=O)Sc1ccn2ccnc2c1-c1ccc(C#N)cc1. The topological polar surface area (TPSA) is 61.4 Å². The maximum atomic E-state index is 12.1. The number of fused-ring (bicyclic) bond motifs is 1. The number of hydrogen-bond acceptors (Lipinski definition) is 4. The largest absolute Gasteiger partial charge is 0.339 e. The van der Waals surface area contributed by atoms with E-state index in [0.29, 0.717) is 5.56 Å². The molecule has 1 aromatic carbocycles. The number of nitriles is 1. The molecule has 1 amide bonds. The first-order valence-electron chi connectivity index (χ1n) is 6.95. The van der Waals surface area contributed by atoms with Crippen molar-refractivity contribution in [2.75, 3.05) is 14.1 Å². The van der Waals surface area contributed by atoms with Crippen LogP contribution in [0.15, 0.2) is 53.8 Å². The Balaban J connectivity index is 2.16. The third-order valence-corrected chi connectivity index (χ3v) is 4.49. The lowest BCUT2D eigenvalue weighted by Gasteiger charge is -2.13. The van der Waals surface area contributed by atoms with Crippen LogP contribution >= 0.6 is 11.8 Å². The molecule has 0 fully saturated rings. The van der Waals surface area contributed by atoms with Crippen molar-refractivity contribution >= 4 is 22.6 Å². The van der Waals surface area contributed by atoms with Crippen LogP contribution in [0.2, 0.25) is 0 Å². The van der Waals surface area contributed by atoms with Crippen molar-refractivity contribution in [1.82, 2.24) is 14.3 Å². The van der Waals surface area contributed by atoms with Crippen molar-refractivity contribution in [3.63, 3.8) is 0 Å². The van der Waals surface area contributed by atoms with E-state index in [0.717, 1.165) is 21.7 Å². The van der Waals surface area contributed by atoms with E-state index in [9.17, 15) is 4.79 Å². The molecule has 0 saturated carbocycles. The van der Waals surface area contributed by atoms with Gasteiger partial charge in [0.1, 0.15) is 5.65 Å². The van der Waals surface area contributed by atoms with Crippen LogP contribution < -0.4 is 0 Å². The van der Waals surface area contributed by atoms with Gasteiger partial charge in [-0.05, 0) is 35.5 Å². The molecule has 0 unspecified atom stereocenters. The minimum absolute atomic E-state index is 0.0456. The van der Waals surface area contributed by atoms with Gasteiger partial charge < -0.3 is 9.30 Å². The van der Waals surface area contributed by atoms with Gasteiger partial charge in [0.05, 0.1) is 11.6 Å². The summed E-state index contributed by atoms with van der Waals surface area (Å²) in [6, 6.07) is 11.3. The lowest BCUT2D eigenvalue weighted by molar-refractivity contribution is 0.241. The molecule has 0 radical (unpaired) electrons. The molecule has 114 valence electrons. The highest BCUT2D eigenvalue weighted by molar-refractivity contribution is 8.13. The average molecular weight is 322 g/mol. The molecule has 0 aliphatic carbocycles. The van der Waals surface area contributed by atoms with Gasteiger partial charge in [-0.25, -0.2) is 4.98 Å². The highest BCUT2D eigenvalue weighted by atomic mass is 32.2. The molecule has 0 atom stereocenters. The van der Waals surface area contributed by atoms with Gasteiger partial charge in [-0.15, -0.1) is 0 Å². The van der Waals surface area contributed by atoms with E-state index in [2.05, 4.69) is 11.1 Å². The van der Waals surface area contributed by atoms with E-state index in [1.54, 1.807) is 37.3 Å². The standard InChI is InChI=1S/C17H14N4OS/c1-20(2)17(22)23-14-7-9-21-10-8-19-16(21)15(14)13-5-3-12(11-18)4-6-13/h3-10H,1-2H3. The molecule has 5 nitrogen and oxygen atoms in total. The van der Waals surface area contributed by atoms with Crippen LogP contribution in [0.4, 0.5) is 4.79 Å². The monoisotopic (exact) mass is 322 g/mol. The molecule has 0 spiro atoms. The molecule has 6 heteroatoms. The number of carbonyl (C=O) groups excluding carboxylic acids is 1. The Morgan fingerprint density at radius 1 is 1.22 bits per heavy atom. The Hall–Kier alpha value is -2.78. The number of carbonyl (C=O) groups is 1. The second-order valence-electron chi connectivity index (χ2n) is 5.16. The molecule has 0 bridgehead atoms. The van der Waals surface area contributed by atoms with Crippen LogP contribution in [-0.4, -0.2) is 33.6 Å². The van der Waals surface area contributed by atoms with E-state index in [1.165, 1.54) is 11.8 Å². The molecular formula is C17H14N4OS. The second kappa shape index (κ2) is 6.15. The zero-order chi connectivity index (χ0) is 16.4. The molecule has 0 N–H and O–H groups in total. The van der Waals surface area contributed by atoms with Crippen LogP contribution in [-0.2, 0) is 0 Å². The van der Waals surface area contributed by atoms with Crippen molar-refractivity contribution < 1.29 is 4.79 Å². The zero-order valence-electron chi connectivity index (χ0n) is 12.7. The Kier molecular flexibility index (Phi) is 4.04. The van der Waals surface area contributed by atoms with Crippen molar-refractivity contribution in [1.29, 1.82) is 5.26 Å². The molecule has 2 aromatic heterocycles. The molecule has 0 aliphatic rings. The minimum Gasteiger partial charge on any atom is -0.339 e.